The van der Waals surface area contributed by atoms with Gasteiger partial charge in [-0.05, 0) is 54.4 Å². The molecule has 0 radical (unpaired) electrons. The number of hydrogen-bond donors (Lipinski definition) is 3. The Balaban J connectivity index is 1.52. The minimum Gasteiger partial charge on any atom is -0.459 e. The topological polar surface area (TPSA) is 83.4 Å². The first-order valence-corrected chi connectivity index (χ1v) is 9.12. The Hall–Kier alpha value is -3.25. The predicted octanol–water partition coefficient (Wildman–Crippen LogP) is 4.75. The second-order valence-corrected chi connectivity index (χ2v) is 6.67. The van der Waals surface area contributed by atoms with Crippen molar-refractivity contribution in [2.75, 3.05) is 5.32 Å². The van der Waals surface area contributed by atoms with Crippen LogP contribution in [0.3, 0.4) is 0 Å². The molecule has 6 nitrogen and oxygen atoms in total. The molecule has 3 rings (SSSR count). The highest BCUT2D eigenvalue weighted by Crippen LogP contribution is 2.16. The van der Waals surface area contributed by atoms with Gasteiger partial charge in [-0.1, -0.05) is 35.9 Å². The van der Waals surface area contributed by atoms with E-state index >= 15 is 0 Å². The van der Waals surface area contributed by atoms with Gasteiger partial charge in [-0.25, -0.2) is 4.79 Å². The minimum absolute atomic E-state index is 0.156. The van der Waals surface area contributed by atoms with Crippen molar-refractivity contribution < 1.29 is 14.0 Å². The molecule has 0 bridgehead atoms. The molecule has 3 aromatic rings. The fourth-order valence-corrected chi connectivity index (χ4v) is 2.75. The molecule has 0 aliphatic rings. The highest BCUT2D eigenvalue weighted by atomic mass is 35.5. The summed E-state index contributed by atoms with van der Waals surface area (Å²) in [6, 6.07) is 17.4. The standard InChI is InChI=1S/C21H20ClN3O3/c1-14(16-7-9-17(22)10-8-16)24-21(27)23-13-15-4-2-5-18(12-15)25-20(26)19-6-3-11-28-19/h2-12,14H,13H2,1H3,(H,25,26)(H2,23,24,27)/t14-/m1/s1. The first kappa shape index (κ1) is 19.5. The Morgan fingerprint density at radius 1 is 1.07 bits per heavy atom. The van der Waals surface area contributed by atoms with Gasteiger partial charge < -0.3 is 20.4 Å². The SMILES string of the molecule is C[C@@H](NC(=O)NCc1cccc(NC(=O)c2ccco2)c1)c1ccc(Cl)cc1. The van der Waals surface area contributed by atoms with Crippen LogP contribution in [0.2, 0.25) is 5.02 Å². The molecular weight excluding hydrogens is 378 g/mol. The van der Waals surface area contributed by atoms with Crippen LogP contribution in [0.1, 0.15) is 34.6 Å². The van der Waals surface area contributed by atoms with Gasteiger partial charge in [0.1, 0.15) is 0 Å². The number of carbonyl (C=O) groups is 2. The van der Waals surface area contributed by atoms with Gasteiger partial charge in [-0.15, -0.1) is 0 Å². The van der Waals surface area contributed by atoms with E-state index in [1.54, 1.807) is 36.4 Å². The molecule has 0 unspecified atom stereocenters. The zero-order valence-electron chi connectivity index (χ0n) is 15.2. The van der Waals surface area contributed by atoms with Gasteiger partial charge in [0.25, 0.3) is 5.91 Å². The monoisotopic (exact) mass is 397 g/mol. The quantitative estimate of drug-likeness (QED) is 0.561. The molecule has 1 aromatic heterocycles. The van der Waals surface area contributed by atoms with Crippen molar-refractivity contribution in [3.05, 3.63) is 88.8 Å². The molecule has 0 saturated carbocycles. The molecule has 7 heteroatoms. The highest BCUT2D eigenvalue weighted by Gasteiger charge is 2.11. The van der Waals surface area contributed by atoms with Crippen molar-refractivity contribution >= 4 is 29.2 Å². The minimum atomic E-state index is -0.329. The van der Waals surface area contributed by atoms with Crippen molar-refractivity contribution in [1.82, 2.24) is 10.6 Å². The van der Waals surface area contributed by atoms with Crippen LogP contribution < -0.4 is 16.0 Å². The highest BCUT2D eigenvalue weighted by molar-refractivity contribution is 6.30. The Labute approximate surface area is 167 Å². The number of rotatable bonds is 6. The second-order valence-electron chi connectivity index (χ2n) is 6.23. The summed E-state index contributed by atoms with van der Waals surface area (Å²) in [5, 5.41) is 9.10. The molecule has 0 fully saturated rings. The molecule has 0 aliphatic carbocycles. The molecule has 1 heterocycles. The number of nitrogens with one attached hydrogen (secondary N) is 3. The van der Waals surface area contributed by atoms with Crippen LogP contribution in [0.5, 0.6) is 0 Å². The molecule has 0 saturated heterocycles. The van der Waals surface area contributed by atoms with Crippen molar-refractivity contribution in [3.8, 4) is 0 Å². The van der Waals surface area contributed by atoms with Gasteiger partial charge in [0, 0.05) is 17.3 Å². The molecule has 2 aromatic carbocycles. The van der Waals surface area contributed by atoms with Crippen LogP contribution in [0.15, 0.2) is 71.3 Å². The van der Waals surface area contributed by atoms with E-state index in [1.807, 2.05) is 31.2 Å². The van der Waals surface area contributed by atoms with Gasteiger partial charge >= 0.3 is 6.03 Å². The van der Waals surface area contributed by atoms with Gasteiger partial charge in [0.05, 0.1) is 12.3 Å². The van der Waals surface area contributed by atoms with Crippen LogP contribution in [0, 0.1) is 0 Å². The molecule has 28 heavy (non-hydrogen) atoms. The molecule has 0 spiro atoms. The van der Waals surface area contributed by atoms with Crippen molar-refractivity contribution in [2.45, 2.75) is 19.5 Å². The molecule has 144 valence electrons. The zero-order valence-corrected chi connectivity index (χ0v) is 16.0. The molecular formula is C21H20ClN3O3. The van der Waals surface area contributed by atoms with E-state index in [0.29, 0.717) is 17.3 Å². The van der Waals surface area contributed by atoms with Crippen molar-refractivity contribution in [3.63, 3.8) is 0 Å². The van der Waals surface area contributed by atoms with E-state index in [4.69, 9.17) is 16.0 Å². The summed E-state index contributed by atoms with van der Waals surface area (Å²) < 4.78 is 5.07. The number of amides is 3. The summed E-state index contributed by atoms with van der Waals surface area (Å²) in [6.45, 7) is 2.22. The lowest BCUT2D eigenvalue weighted by Gasteiger charge is -2.15. The third-order valence-electron chi connectivity index (χ3n) is 4.10. The van der Waals surface area contributed by atoms with Crippen LogP contribution in [0.25, 0.3) is 0 Å². The molecule has 0 aliphatic heterocycles. The maximum absolute atomic E-state index is 12.2. The first-order chi connectivity index (χ1) is 13.5. The Kier molecular flexibility index (Phi) is 6.34. The maximum Gasteiger partial charge on any atom is 0.315 e. The van der Waals surface area contributed by atoms with Gasteiger partial charge in [-0.2, -0.15) is 0 Å². The van der Waals surface area contributed by atoms with Crippen LogP contribution in [-0.4, -0.2) is 11.9 Å². The van der Waals surface area contributed by atoms with E-state index in [0.717, 1.165) is 11.1 Å². The smallest absolute Gasteiger partial charge is 0.315 e. The van der Waals surface area contributed by atoms with Gasteiger partial charge in [0.2, 0.25) is 0 Å². The summed E-state index contributed by atoms with van der Waals surface area (Å²) in [5.74, 6) is -0.0938. The van der Waals surface area contributed by atoms with Crippen molar-refractivity contribution in [2.24, 2.45) is 0 Å². The van der Waals surface area contributed by atoms with E-state index in [-0.39, 0.29) is 23.7 Å². The summed E-state index contributed by atoms with van der Waals surface area (Å²) in [6.07, 6.45) is 1.44. The van der Waals surface area contributed by atoms with Crippen molar-refractivity contribution in [1.29, 1.82) is 0 Å². The fraction of sp³-hybridized carbons (Fsp3) is 0.143. The van der Waals surface area contributed by atoms with Gasteiger partial charge in [-0.3, -0.25) is 4.79 Å². The van der Waals surface area contributed by atoms with Gasteiger partial charge in [0.15, 0.2) is 5.76 Å². The lowest BCUT2D eigenvalue weighted by molar-refractivity contribution is 0.0996. The Morgan fingerprint density at radius 2 is 1.86 bits per heavy atom. The lowest BCUT2D eigenvalue weighted by atomic mass is 10.1. The number of furan rings is 1. The molecule has 1 atom stereocenters. The van der Waals surface area contributed by atoms with E-state index in [2.05, 4.69) is 16.0 Å². The zero-order chi connectivity index (χ0) is 19.9. The largest absolute Gasteiger partial charge is 0.459 e. The predicted molar refractivity (Wildman–Crippen MR) is 108 cm³/mol. The number of halogens is 1. The Morgan fingerprint density at radius 3 is 2.57 bits per heavy atom. The van der Waals surface area contributed by atoms with E-state index < -0.39 is 0 Å². The number of hydrogen-bond acceptors (Lipinski definition) is 3. The number of carbonyl (C=O) groups excluding carboxylic acids is 2. The third kappa shape index (κ3) is 5.37. The summed E-state index contributed by atoms with van der Waals surface area (Å²) in [5.41, 5.74) is 2.43. The third-order valence-corrected chi connectivity index (χ3v) is 4.35. The summed E-state index contributed by atoms with van der Waals surface area (Å²) >= 11 is 5.88. The average molecular weight is 398 g/mol. The van der Waals surface area contributed by atoms with Crippen LogP contribution in [0.4, 0.5) is 10.5 Å². The fourth-order valence-electron chi connectivity index (χ4n) is 2.62. The van der Waals surface area contributed by atoms with Crippen LogP contribution in [-0.2, 0) is 6.54 Å². The maximum atomic E-state index is 12.2. The normalized spacial score (nSPS) is 11.5. The summed E-state index contributed by atoms with van der Waals surface area (Å²) in [7, 11) is 0. The summed E-state index contributed by atoms with van der Waals surface area (Å²) in [4.78, 5) is 24.2. The average Bonchev–Trinajstić information content (AvgIpc) is 3.22. The number of anilines is 1. The second kappa shape index (κ2) is 9.10. The van der Waals surface area contributed by atoms with Crippen LogP contribution >= 0.6 is 11.6 Å². The molecule has 3 amide bonds. The lowest BCUT2D eigenvalue weighted by Crippen LogP contribution is -2.36. The van der Waals surface area contributed by atoms with E-state index in [9.17, 15) is 9.59 Å². The van der Waals surface area contributed by atoms with E-state index in [1.165, 1.54) is 6.26 Å². The number of benzene rings is 2. The molecule has 3 N–H and O–H groups in total. The number of urea groups is 1. The Bertz CT molecular complexity index is 940. The first-order valence-electron chi connectivity index (χ1n) is 8.75.